The lowest BCUT2D eigenvalue weighted by molar-refractivity contribution is 0.0696. The molecule has 3 aromatic rings. The van der Waals surface area contributed by atoms with E-state index in [4.69, 9.17) is 0 Å². The third-order valence-electron chi connectivity index (χ3n) is 4.45. The number of aryl methyl sites for hydroxylation is 1. The minimum atomic E-state index is -0.859. The minimum absolute atomic E-state index is 0.431. The van der Waals surface area contributed by atoms with Crippen LogP contribution in [0, 0.1) is 0 Å². The zero-order valence-corrected chi connectivity index (χ0v) is 14.4. The molecule has 0 aliphatic heterocycles. The number of carboxylic acids is 1. The van der Waals surface area contributed by atoms with Gasteiger partial charge in [-0.25, -0.2) is 4.79 Å². The van der Waals surface area contributed by atoms with Crippen molar-refractivity contribution in [2.45, 2.75) is 26.2 Å². The summed E-state index contributed by atoms with van der Waals surface area (Å²) in [6.07, 6.45) is 2.81. The van der Waals surface area contributed by atoms with Crippen LogP contribution in [0.25, 0.3) is 22.3 Å². The number of aromatic carboxylic acids is 1. The lowest BCUT2D eigenvalue weighted by Gasteiger charge is -2.17. The molecule has 0 radical (unpaired) electrons. The zero-order chi connectivity index (χ0) is 17.6. The average Bonchev–Trinajstić information content (AvgIpc) is 2.66. The molecule has 25 heavy (non-hydrogen) atoms. The van der Waals surface area contributed by atoms with E-state index in [1.54, 1.807) is 0 Å². The van der Waals surface area contributed by atoms with E-state index in [9.17, 15) is 9.90 Å². The van der Waals surface area contributed by atoms with E-state index in [-0.39, 0.29) is 0 Å². The molecule has 0 saturated heterocycles. The third-order valence-corrected chi connectivity index (χ3v) is 4.45. The summed E-state index contributed by atoms with van der Waals surface area (Å²) in [4.78, 5) is 12.2. The van der Waals surface area contributed by atoms with E-state index in [0.717, 1.165) is 47.1 Å². The van der Waals surface area contributed by atoms with Crippen LogP contribution in [0.5, 0.6) is 0 Å². The fourth-order valence-electron chi connectivity index (χ4n) is 3.23. The number of benzene rings is 3. The zero-order valence-electron chi connectivity index (χ0n) is 14.4. The lowest BCUT2D eigenvalue weighted by atomic mass is 9.86. The van der Waals surface area contributed by atoms with E-state index in [1.165, 1.54) is 0 Å². The number of rotatable bonds is 6. The van der Waals surface area contributed by atoms with E-state index in [2.05, 4.69) is 13.0 Å². The third kappa shape index (κ3) is 3.63. The van der Waals surface area contributed by atoms with Gasteiger partial charge in [0, 0.05) is 5.56 Å². The molecule has 2 heteroatoms. The van der Waals surface area contributed by atoms with Crippen molar-refractivity contribution in [2.24, 2.45) is 0 Å². The fraction of sp³-hybridized carbons (Fsp3) is 0.174. The van der Waals surface area contributed by atoms with E-state index in [0.29, 0.717) is 5.56 Å². The molecule has 1 N–H and O–H groups in total. The normalized spacial score (nSPS) is 10.6. The van der Waals surface area contributed by atoms with Crippen molar-refractivity contribution in [3.63, 3.8) is 0 Å². The van der Waals surface area contributed by atoms with Gasteiger partial charge in [0.05, 0.1) is 5.56 Å². The molecule has 0 unspecified atom stereocenters. The molecule has 0 heterocycles. The topological polar surface area (TPSA) is 37.3 Å². The Labute approximate surface area is 148 Å². The van der Waals surface area contributed by atoms with Crippen molar-refractivity contribution >= 4 is 5.97 Å². The molecule has 0 aliphatic rings. The summed E-state index contributed by atoms with van der Waals surface area (Å²) in [5.74, 6) is -0.859. The van der Waals surface area contributed by atoms with Gasteiger partial charge in [-0.15, -0.1) is 0 Å². The Kier molecular flexibility index (Phi) is 5.30. The molecule has 0 spiro atoms. The summed E-state index contributed by atoms with van der Waals surface area (Å²) in [6, 6.07) is 23.9. The molecule has 2 nitrogen and oxygen atoms in total. The summed E-state index contributed by atoms with van der Waals surface area (Å²) in [6.45, 7) is 2.12. The highest BCUT2D eigenvalue weighted by Gasteiger charge is 2.20. The largest absolute Gasteiger partial charge is 0.478 e. The second-order valence-electron chi connectivity index (χ2n) is 6.16. The molecule has 126 valence electrons. The number of unbranched alkanes of at least 4 members (excludes halogenated alkanes) is 1. The number of hydrogen-bond donors (Lipinski definition) is 1. The molecule has 0 atom stereocenters. The highest BCUT2D eigenvalue weighted by molar-refractivity contribution is 6.02. The Morgan fingerprint density at radius 2 is 1.44 bits per heavy atom. The first-order chi connectivity index (χ1) is 12.2. The number of hydrogen-bond acceptors (Lipinski definition) is 1. The van der Waals surface area contributed by atoms with Crippen LogP contribution in [0.15, 0.2) is 72.8 Å². The minimum Gasteiger partial charge on any atom is -0.478 e. The summed E-state index contributed by atoms with van der Waals surface area (Å²) in [7, 11) is 0. The Morgan fingerprint density at radius 1 is 0.840 bits per heavy atom. The first-order valence-electron chi connectivity index (χ1n) is 8.72. The Balaban J connectivity index is 2.29. The molecule has 0 aliphatic carbocycles. The van der Waals surface area contributed by atoms with Gasteiger partial charge in [-0.3, -0.25) is 0 Å². The molecule has 0 fully saturated rings. The average molecular weight is 330 g/mol. The van der Waals surface area contributed by atoms with Crippen LogP contribution in [0.4, 0.5) is 0 Å². The van der Waals surface area contributed by atoms with Gasteiger partial charge in [-0.1, -0.05) is 86.1 Å². The Morgan fingerprint density at radius 3 is 2.00 bits per heavy atom. The van der Waals surface area contributed by atoms with Crippen LogP contribution in [-0.2, 0) is 6.42 Å². The summed E-state index contributed by atoms with van der Waals surface area (Å²) in [5.41, 5.74) is 5.09. The first-order valence-corrected chi connectivity index (χ1v) is 8.72. The van der Waals surface area contributed by atoms with Gasteiger partial charge in [-0.05, 0) is 35.1 Å². The van der Waals surface area contributed by atoms with Gasteiger partial charge in [0.1, 0.15) is 0 Å². The van der Waals surface area contributed by atoms with Crippen LogP contribution >= 0.6 is 0 Å². The van der Waals surface area contributed by atoms with Crippen molar-refractivity contribution in [1.29, 1.82) is 0 Å². The molecular weight excluding hydrogens is 308 g/mol. The first kappa shape index (κ1) is 17.0. The molecule has 3 rings (SSSR count). The number of carbonyl (C=O) groups is 1. The second-order valence-corrected chi connectivity index (χ2v) is 6.16. The van der Waals surface area contributed by atoms with E-state index in [1.807, 2.05) is 66.7 Å². The van der Waals surface area contributed by atoms with Crippen LogP contribution in [0.1, 0.15) is 35.7 Å². The number of carboxylic acid groups (broad SMARTS) is 1. The van der Waals surface area contributed by atoms with Crippen molar-refractivity contribution in [3.05, 3.63) is 83.9 Å². The highest BCUT2D eigenvalue weighted by atomic mass is 16.4. The summed E-state index contributed by atoms with van der Waals surface area (Å²) < 4.78 is 0. The second kappa shape index (κ2) is 7.80. The van der Waals surface area contributed by atoms with Gasteiger partial charge in [-0.2, -0.15) is 0 Å². The molecule has 3 aromatic carbocycles. The highest BCUT2D eigenvalue weighted by Crippen LogP contribution is 2.37. The van der Waals surface area contributed by atoms with Crippen molar-refractivity contribution < 1.29 is 9.90 Å². The van der Waals surface area contributed by atoms with Gasteiger partial charge >= 0.3 is 5.97 Å². The predicted octanol–water partition coefficient (Wildman–Crippen LogP) is 6.06. The van der Waals surface area contributed by atoms with Gasteiger partial charge in [0.2, 0.25) is 0 Å². The van der Waals surface area contributed by atoms with Crippen molar-refractivity contribution in [2.75, 3.05) is 0 Å². The maximum atomic E-state index is 12.2. The van der Waals surface area contributed by atoms with Crippen molar-refractivity contribution in [3.8, 4) is 22.3 Å². The van der Waals surface area contributed by atoms with Crippen LogP contribution < -0.4 is 0 Å². The SMILES string of the molecule is CCCCc1ccc(-c2ccccc2)c(-c2ccccc2)c1C(=O)O. The van der Waals surface area contributed by atoms with E-state index < -0.39 is 5.97 Å². The smallest absolute Gasteiger partial charge is 0.336 e. The van der Waals surface area contributed by atoms with Crippen molar-refractivity contribution in [1.82, 2.24) is 0 Å². The van der Waals surface area contributed by atoms with Gasteiger partial charge < -0.3 is 5.11 Å². The molecule has 0 aromatic heterocycles. The Hall–Kier alpha value is -2.87. The molecule has 0 amide bonds. The van der Waals surface area contributed by atoms with Crippen LogP contribution in [0.3, 0.4) is 0 Å². The maximum Gasteiger partial charge on any atom is 0.336 e. The molecular formula is C23H22O2. The summed E-state index contributed by atoms with van der Waals surface area (Å²) in [5, 5.41) is 9.98. The Bertz CT molecular complexity index is 852. The fourth-order valence-corrected chi connectivity index (χ4v) is 3.23. The molecule has 0 bridgehead atoms. The van der Waals surface area contributed by atoms with Gasteiger partial charge in [0.15, 0.2) is 0 Å². The van der Waals surface area contributed by atoms with Crippen LogP contribution in [0.2, 0.25) is 0 Å². The monoisotopic (exact) mass is 330 g/mol. The van der Waals surface area contributed by atoms with E-state index >= 15 is 0 Å². The predicted molar refractivity (Wildman–Crippen MR) is 103 cm³/mol. The molecule has 0 saturated carbocycles. The quantitative estimate of drug-likeness (QED) is 0.596. The van der Waals surface area contributed by atoms with Crippen LogP contribution in [-0.4, -0.2) is 11.1 Å². The lowest BCUT2D eigenvalue weighted by Crippen LogP contribution is -2.07. The standard InChI is InChI=1S/C23H22O2/c1-2-3-10-19-15-16-20(17-11-6-4-7-12-17)21(22(19)23(24)25)18-13-8-5-9-14-18/h4-9,11-16H,2-3,10H2,1H3,(H,24,25). The maximum absolute atomic E-state index is 12.2. The summed E-state index contributed by atoms with van der Waals surface area (Å²) >= 11 is 0. The van der Waals surface area contributed by atoms with Gasteiger partial charge in [0.25, 0.3) is 0 Å².